The fourth-order valence-electron chi connectivity index (χ4n) is 1.97. The lowest BCUT2D eigenvalue weighted by atomic mass is 9.91. The van der Waals surface area contributed by atoms with E-state index in [1.807, 2.05) is 27.7 Å². The van der Waals surface area contributed by atoms with Gasteiger partial charge in [-0.05, 0) is 30.0 Å². The van der Waals surface area contributed by atoms with E-state index in [2.05, 4.69) is 5.32 Å². The van der Waals surface area contributed by atoms with Gasteiger partial charge in [0.05, 0.1) is 6.54 Å². The van der Waals surface area contributed by atoms with Crippen LogP contribution in [0.3, 0.4) is 0 Å². The normalized spacial score (nSPS) is 11.1. The lowest BCUT2D eigenvalue weighted by molar-refractivity contribution is -0.137. The number of nitrogens with one attached hydrogen (secondary N) is 1. The van der Waals surface area contributed by atoms with Gasteiger partial charge in [-0.25, -0.2) is 4.39 Å². The first kappa shape index (κ1) is 18.1. The standard InChI is InChI=1S/C17H25FN2O2/c1-5-20(16(22)10-17(2,3)4)12-15(21)19-11-13-6-8-14(18)9-7-13/h6-9H,5,10-12H2,1-4H3,(H,19,21). The Morgan fingerprint density at radius 3 is 2.27 bits per heavy atom. The van der Waals surface area contributed by atoms with E-state index in [9.17, 15) is 14.0 Å². The van der Waals surface area contributed by atoms with Gasteiger partial charge in [-0.2, -0.15) is 0 Å². The molecule has 0 atom stereocenters. The molecule has 22 heavy (non-hydrogen) atoms. The summed E-state index contributed by atoms with van der Waals surface area (Å²) in [6, 6.07) is 5.95. The summed E-state index contributed by atoms with van der Waals surface area (Å²) in [5.41, 5.74) is 0.716. The van der Waals surface area contributed by atoms with Crippen molar-refractivity contribution in [3.05, 3.63) is 35.6 Å². The van der Waals surface area contributed by atoms with Gasteiger partial charge in [-0.1, -0.05) is 32.9 Å². The molecular formula is C17H25FN2O2. The van der Waals surface area contributed by atoms with Crippen LogP contribution in [0.1, 0.15) is 39.7 Å². The summed E-state index contributed by atoms with van der Waals surface area (Å²) < 4.78 is 12.8. The zero-order chi connectivity index (χ0) is 16.8. The second kappa shape index (κ2) is 7.92. The Kier molecular flexibility index (Phi) is 6.53. The molecule has 0 bridgehead atoms. The summed E-state index contributed by atoms with van der Waals surface area (Å²) in [5, 5.41) is 2.75. The molecule has 0 aromatic heterocycles. The van der Waals surface area contributed by atoms with Crippen LogP contribution in [0.25, 0.3) is 0 Å². The molecule has 0 fully saturated rings. The van der Waals surface area contributed by atoms with Gasteiger partial charge in [-0.15, -0.1) is 0 Å². The minimum atomic E-state index is -0.306. The van der Waals surface area contributed by atoms with Crippen molar-refractivity contribution in [3.8, 4) is 0 Å². The molecule has 0 saturated carbocycles. The summed E-state index contributed by atoms with van der Waals surface area (Å²) in [5.74, 6) is -0.541. The molecule has 0 aliphatic rings. The predicted octanol–water partition coefficient (Wildman–Crippen LogP) is 2.73. The third-order valence-electron chi connectivity index (χ3n) is 3.15. The van der Waals surface area contributed by atoms with Crippen molar-refractivity contribution >= 4 is 11.8 Å². The number of likely N-dealkylation sites (N-methyl/N-ethyl adjacent to an activating group) is 1. The maximum Gasteiger partial charge on any atom is 0.239 e. The highest BCUT2D eigenvalue weighted by Gasteiger charge is 2.21. The number of halogens is 1. The number of hydrogen-bond donors (Lipinski definition) is 1. The molecule has 1 aromatic rings. The molecule has 0 spiro atoms. The minimum Gasteiger partial charge on any atom is -0.350 e. The highest BCUT2D eigenvalue weighted by Crippen LogP contribution is 2.19. The SMILES string of the molecule is CCN(CC(=O)NCc1ccc(F)cc1)C(=O)CC(C)(C)C. The fourth-order valence-corrected chi connectivity index (χ4v) is 1.97. The summed E-state index contributed by atoms with van der Waals surface area (Å²) in [7, 11) is 0. The Hall–Kier alpha value is -1.91. The largest absolute Gasteiger partial charge is 0.350 e. The Bertz CT molecular complexity index is 506. The second-order valence-electron chi connectivity index (χ2n) is 6.55. The summed E-state index contributed by atoms with van der Waals surface area (Å²) >= 11 is 0. The van der Waals surface area contributed by atoms with Crippen molar-refractivity contribution in [2.75, 3.05) is 13.1 Å². The average Bonchev–Trinajstić information content (AvgIpc) is 2.42. The Balaban J connectivity index is 2.47. The van der Waals surface area contributed by atoms with Crippen LogP contribution < -0.4 is 5.32 Å². The van der Waals surface area contributed by atoms with Crippen molar-refractivity contribution < 1.29 is 14.0 Å². The van der Waals surface area contributed by atoms with Crippen LogP contribution in [0.5, 0.6) is 0 Å². The molecule has 0 heterocycles. The number of nitrogens with zero attached hydrogens (tertiary/aromatic N) is 1. The van der Waals surface area contributed by atoms with E-state index in [0.717, 1.165) is 5.56 Å². The van der Waals surface area contributed by atoms with Gasteiger partial charge in [0.15, 0.2) is 0 Å². The molecule has 0 saturated heterocycles. The van der Waals surface area contributed by atoms with Gasteiger partial charge in [-0.3, -0.25) is 9.59 Å². The first-order valence-electron chi connectivity index (χ1n) is 7.50. The van der Waals surface area contributed by atoms with E-state index < -0.39 is 0 Å². The first-order valence-corrected chi connectivity index (χ1v) is 7.50. The van der Waals surface area contributed by atoms with E-state index in [1.165, 1.54) is 12.1 Å². The average molecular weight is 308 g/mol. The lowest BCUT2D eigenvalue weighted by Gasteiger charge is -2.25. The summed E-state index contributed by atoms with van der Waals surface area (Å²) in [4.78, 5) is 25.6. The molecular weight excluding hydrogens is 283 g/mol. The topological polar surface area (TPSA) is 49.4 Å². The van der Waals surface area contributed by atoms with Crippen molar-refractivity contribution in [2.45, 2.75) is 40.7 Å². The maximum absolute atomic E-state index is 12.8. The quantitative estimate of drug-likeness (QED) is 0.878. The second-order valence-corrected chi connectivity index (χ2v) is 6.55. The van der Waals surface area contributed by atoms with Crippen LogP contribution in [0.4, 0.5) is 4.39 Å². The van der Waals surface area contributed by atoms with Crippen LogP contribution in [-0.4, -0.2) is 29.8 Å². The van der Waals surface area contributed by atoms with Crippen LogP contribution in [0.2, 0.25) is 0 Å². The number of carbonyl (C=O) groups excluding carboxylic acids is 2. The molecule has 1 rings (SSSR count). The van der Waals surface area contributed by atoms with Crippen molar-refractivity contribution in [1.82, 2.24) is 10.2 Å². The molecule has 0 unspecified atom stereocenters. The maximum atomic E-state index is 12.8. The third-order valence-corrected chi connectivity index (χ3v) is 3.15. The fraction of sp³-hybridized carbons (Fsp3) is 0.529. The smallest absolute Gasteiger partial charge is 0.239 e. The van der Waals surface area contributed by atoms with E-state index >= 15 is 0 Å². The Labute approximate surface area is 131 Å². The van der Waals surface area contributed by atoms with Gasteiger partial charge in [0.1, 0.15) is 5.82 Å². The molecule has 122 valence electrons. The Morgan fingerprint density at radius 2 is 1.77 bits per heavy atom. The molecule has 1 aromatic carbocycles. The van der Waals surface area contributed by atoms with Crippen molar-refractivity contribution in [2.24, 2.45) is 5.41 Å². The molecule has 0 radical (unpaired) electrons. The summed E-state index contributed by atoms with van der Waals surface area (Å²) in [6.45, 7) is 8.71. The van der Waals surface area contributed by atoms with E-state index in [0.29, 0.717) is 19.5 Å². The summed E-state index contributed by atoms with van der Waals surface area (Å²) in [6.07, 6.45) is 0.409. The molecule has 5 heteroatoms. The van der Waals surface area contributed by atoms with Gasteiger partial charge in [0.2, 0.25) is 11.8 Å². The molecule has 0 aliphatic heterocycles. The third kappa shape index (κ3) is 6.70. The van der Waals surface area contributed by atoms with E-state index in [-0.39, 0.29) is 29.6 Å². The molecule has 2 amide bonds. The molecule has 0 aliphatic carbocycles. The predicted molar refractivity (Wildman–Crippen MR) is 84.6 cm³/mol. The number of benzene rings is 1. The molecule has 4 nitrogen and oxygen atoms in total. The Morgan fingerprint density at radius 1 is 1.18 bits per heavy atom. The highest BCUT2D eigenvalue weighted by atomic mass is 19.1. The van der Waals surface area contributed by atoms with Crippen LogP contribution in [-0.2, 0) is 16.1 Å². The van der Waals surface area contributed by atoms with Gasteiger partial charge >= 0.3 is 0 Å². The number of amides is 2. The van der Waals surface area contributed by atoms with Gasteiger partial charge in [0.25, 0.3) is 0 Å². The van der Waals surface area contributed by atoms with Gasteiger partial charge < -0.3 is 10.2 Å². The highest BCUT2D eigenvalue weighted by molar-refractivity contribution is 5.85. The monoisotopic (exact) mass is 308 g/mol. The minimum absolute atomic E-state index is 0.0214. The van der Waals surface area contributed by atoms with Gasteiger partial charge in [0, 0.05) is 19.5 Å². The van der Waals surface area contributed by atoms with Crippen LogP contribution in [0.15, 0.2) is 24.3 Å². The lowest BCUT2D eigenvalue weighted by Crippen LogP contribution is -2.41. The van der Waals surface area contributed by atoms with Crippen molar-refractivity contribution in [1.29, 1.82) is 0 Å². The zero-order valence-corrected chi connectivity index (χ0v) is 13.8. The van der Waals surface area contributed by atoms with E-state index in [1.54, 1.807) is 17.0 Å². The number of hydrogen-bond acceptors (Lipinski definition) is 2. The number of rotatable bonds is 6. The zero-order valence-electron chi connectivity index (χ0n) is 13.8. The molecule has 1 N–H and O–H groups in total. The van der Waals surface area contributed by atoms with E-state index in [4.69, 9.17) is 0 Å². The van der Waals surface area contributed by atoms with Crippen LogP contribution in [0, 0.1) is 11.2 Å². The first-order chi connectivity index (χ1) is 10.2. The van der Waals surface area contributed by atoms with Crippen LogP contribution >= 0.6 is 0 Å². The van der Waals surface area contributed by atoms with Crippen molar-refractivity contribution in [3.63, 3.8) is 0 Å². The number of carbonyl (C=O) groups is 2.